The van der Waals surface area contributed by atoms with E-state index in [9.17, 15) is 9.18 Å². The molecule has 0 unspecified atom stereocenters. The fraction of sp³-hybridized carbons (Fsp3) is 0. The molecule has 0 saturated heterocycles. The van der Waals surface area contributed by atoms with E-state index in [0.29, 0.717) is 5.56 Å². The van der Waals surface area contributed by atoms with Gasteiger partial charge in [-0.2, -0.15) is 0 Å². The minimum atomic E-state index is -0.676. The molecule has 0 aliphatic rings. The second-order valence-electron chi connectivity index (χ2n) is 2.48. The fourth-order valence-corrected chi connectivity index (χ4v) is 1.07. The summed E-state index contributed by atoms with van der Waals surface area (Å²) in [7, 11) is 0. The first-order chi connectivity index (χ1) is 6.63. The molecular weight excluding hydrogens is 209 g/mol. The molecule has 0 aromatic heterocycles. The Kier molecular flexibility index (Phi) is 3.62. The maximum absolute atomic E-state index is 12.6. The van der Waals surface area contributed by atoms with Gasteiger partial charge in [-0.3, -0.25) is 10.0 Å². The van der Waals surface area contributed by atoms with Gasteiger partial charge >= 0.3 is 0 Å². The zero-order valence-electron chi connectivity index (χ0n) is 7.00. The zero-order chi connectivity index (χ0) is 10.6. The van der Waals surface area contributed by atoms with E-state index in [0.717, 1.165) is 12.1 Å². The summed E-state index contributed by atoms with van der Waals surface area (Å²) in [4.78, 5) is 10.6. The molecule has 14 heavy (non-hydrogen) atoms. The van der Waals surface area contributed by atoms with Crippen molar-refractivity contribution in [3.8, 4) is 0 Å². The van der Waals surface area contributed by atoms with Gasteiger partial charge in [-0.15, -0.1) is 0 Å². The predicted octanol–water partition coefficient (Wildman–Crippen LogP) is 2.00. The van der Waals surface area contributed by atoms with Gasteiger partial charge in [0.2, 0.25) is 0 Å². The lowest BCUT2D eigenvalue weighted by molar-refractivity contribution is -0.124. The lowest BCUT2D eigenvalue weighted by Gasteiger charge is -1.97. The molecule has 3 nitrogen and oxygen atoms in total. The van der Waals surface area contributed by atoms with Crippen LogP contribution in [0.5, 0.6) is 0 Å². The van der Waals surface area contributed by atoms with Crippen LogP contribution in [-0.4, -0.2) is 11.1 Å². The quantitative estimate of drug-likeness (QED) is 0.450. The van der Waals surface area contributed by atoms with Crippen molar-refractivity contribution in [2.45, 2.75) is 0 Å². The van der Waals surface area contributed by atoms with Gasteiger partial charge in [0.15, 0.2) is 0 Å². The molecule has 0 spiro atoms. The summed E-state index contributed by atoms with van der Waals surface area (Å²) >= 11 is 5.67. The molecule has 0 atom stereocenters. The molecule has 74 valence electrons. The van der Waals surface area contributed by atoms with E-state index >= 15 is 0 Å². The Balaban J connectivity index is 2.87. The molecule has 1 aromatic carbocycles. The van der Waals surface area contributed by atoms with Crippen molar-refractivity contribution in [2.24, 2.45) is 0 Å². The number of halogens is 2. The van der Waals surface area contributed by atoms with E-state index in [2.05, 4.69) is 0 Å². The summed E-state index contributed by atoms with van der Waals surface area (Å²) in [5.41, 5.74) is 1.92. The maximum atomic E-state index is 12.6. The number of carbonyl (C=O) groups excluding carboxylic acids is 1. The minimum absolute atomic E-state index is 0.201. The highest BCUT2D eigenvalue weighted by Crippen LogP contribution is 2.18. The monoisotopic (exact) mass is 215 g/mol. The van der Waals surface area contributed by atoms with Crippen LogP contribution in [0.2, 0.25) is 5.02 Å². The first-order valence-electron chi connectivity index (χ1n) is 3.70. The van der Waals surface area contributed by atoms with Crippen LogP contribution in [0.25, 0.3) is 6.08 Å². The highest BCUT2D eigenvalue weighted by Gasteiger charge is 1.98. The van der Waals surface area contributed by atoms with Crippen LogP contribution < -0.4 is 5.48 Å². The van der Waals surface area contributed by atoms with Crippen molar-refractivity contribution in [2.75, 3.05) is 0 Å². The Labute approximate surface area is 84.8 Å². The second kappa shape index (κ2) is 4.74. The smallest absolute Gasteiger partial charge is 0.267 e. The third kappa shape index (κ3) is 2.83. The van der Waals surface area contributed by atoms with Crippen molar-refractivity contribution in [1.82, 2.24) is 5.48 Å². The number of amides is 1. The number of rotatable bonds is 2. The van der Waals surface area contributed by atoms with Crippen LogP contribution in [0.4, 0.5) is 4.39 Å². The van der Waals surface area contributed by atoms with Gasteiger partial charge in [0, 0.05) is 6.08 Å². The Morgan fingerprint density at radius 3 is 2.86 bits per heavy atom. The van der Waals surface area contributed by atoms with Gasteiger partial charge in [-0.1, -0.05) is 17.7 Å². The maximum Gasteiger partial charge on any atom is 0.267 e. The fourth-order valence-electron chi connectivity index (χ4n) is 0.839. The summed E-state index contributed by atoms with van der Waals surface area (Å²) in [6.45, 7) is 0. The molecule has 0 saturated carbocycles. The molecule has 0 fully saturated rings. The lowest BCUT2D eigenvalue weighted by atomic mass is 10.2. The minimum Gasteiger partial charge on any atom is -0.288 e. The van der Waals surface area contributed by atoms with Gasteiger partial charge < -0.3 is 0 Å². The predicted molar refractivity (Wildman–Crippen MR) is 50.4 cm³/mol. The molecule has 0 bridgehead atoms. The van der Waals surface area contributed by atoms with Crippen LogP contribution in [-0.2, 0) is 4.79 Å². The molecule has 5 heteroatoms. The van der Waals surface area contributed by atoms with Gasteiger partial charge in [0.25, 0.3) is 5.91 Å². The first kappa shape index (κ1) is 10.7. The highest BCUT2D eigenvalue weighted by molar-refractivity contribution is 6.32. The summed E-state index contributed by atoms with van der Waals surface area (Å²) in [5, 5.41) is 8.38. The second-order valence-corrected chi connectivity index (χ2v) is 2.88. The Morgan fingerprint density at radius 1 is 1.57 bits per heavy atom. The van der Waals surface area contributed by atoms with Gasteiger partial charge in [-0.05, 0) is 23.8 Å². The Hall–Kier alpha value is -1.39. The topological polar surface area (TPSA) is 49.3 Å². The molecule has 0 radical (unpaired) electrons. The third-order valence-corrected chi connectivity index (χ3v) is 1.81. The molecule has 2 N–H and O–H groups in total. The number of hydroxylamine groups is 1. The van der Waals surface area contributed by atoms with Crippen molar-refractivity contribution in [1.29, 1.82) is 0 Å². The average Bonchev–Trinajstić information content (AvgIpc) is 2.16. The average molecular weight is 216 g/mol. The molecule has 0 aliphatic heterocycles. The van der Waals surface area contributed by atoms with Crippen molar-refractivity contribution in [3.63, 3.8) is 0 Å². The standard InChI is InChI=1S/C9H7ClFNO2/c10-8-5-7(11)3-1-6(8)2-4-9(13)12-14/h1-5,14H,(H,12,13)/b4-2+. The number of hydrogen-bond donors (Lipinski definition) is 2. The number of nitrogens with one attached hydrogen (secondary N) is 1. The highest BCUT2D eigenvalue weighted by atomic mass is 35.5. The van der Waals surface area contributed by atoms with Gasteiger partial charge in [-0.25, -0.2) is 9.87 Å². The summed E-state index contributed by atoms with van der Waals surface area (Å²) in [5.74, 6) is -1.12. The van der Waals surface area contributed by atoms with Crippen molar-refractivity contribution >= 4 is 23.6 Å². The Bertz CT molecular complexity index is 379. The first-order valence-corrected chi connectivity index (χ1v) is 4.08. The third-order valence-electron chi connectivity index (χ3n) is 1.49. The SMILES string of the molecule is O=C(/C=C/c1ccc(F)cc1Cl)NO. The largest absolute Gasteiger partial charge is 0.288 e. The van der Waals surface area contributed by atoms with Crippen LogP contribution >= 0.6 is 11.6 Å². The molecule has 1 amide bonds. The van der Waals surface area contributed by atoms with Crippen LogP contribution in [0.3, 0.4) is 0 Å². The molecular formula is C9H7ClFNO2. The van der Waals surface area contributed by atoms with E-state index in [1.807, 2.05) is 0 Å². The van der Waals surface area contributed by atoms with Crippen molar-refractivity contribution < 1.29 is 14.4 Å². The molecule has 1 aromatic rings. The Morgan fingerprint density at radius 2 is 2.29 bits per heavy atom. The van der Waals surface area contributed by atoms with E-state index in [4.69, 9.17) is 16.8 Å². The van der Waals surface area contributed by atoms with Crippen LogP contribution in [0.15, 0.2) is 24.3 Å². The van der Waals surface area contributed by atoms with Crippen molar-refractivity contribution in [3.05, 3.63) is 40.7 Å². The zero-order valence-corrected chi connectivity index (χ0v) is 7.75. The van der Waals surface area contributed by atoms with E-state index in [1.165, 1.54) is 23.7 Å². The number of benzene rings is 1. The van der Waals surface area contributed by atoms with E-state index in [1.54, 1.807) is 0 Å². The van der Waals surface area contributed by atoms with Gasteiger partial charge in [0.05, 0.1) is 5.02 Å². The summed E-state index contributed by atoms with van der Waals surface area (Å²) in [6.07, 6.45) is 2.45. The number of hydrogen-bond acceptors (Lipinski definition) is 2. The summed E-state index contributed by atoms with van der Waals surface area (Å²) in [6, 6.07) is 3.79. The number of carbonyl (C=O) groups is 1. The van der Waals surface area contributed by atoms with Gasteiger partial charge in [0.1, 0.15) is 5.82 Å². The van der Waals surface area contributed by atoms with E-state index < -0.39 is 11.7 Å². The lowest BCUT2D eigenvalue weighted by Crippen LogP contribution is -2.14. The van der Waals surface area contributed by atoms with E-state index in [-0.39, 0.29) is 5.02 Å². The van der Waals surface area contributed by atoms with Crippen LogP contribution in [0.1, 0.15) is 5.56 Å². The molecule has 1 rings (SSSR count). The normalized spacial score (nSPS) is 10.5. The molecule has 0 heterocycles. The van der Waals surface area contributed by atoms with Crippen LogP contribution in [0, 0.1) is 5.82 Å². The summed E-state index contributed by atoms with van der Waals surface area (Å²) < 4.78 is 12.6. The molecule has 0 aliphatic carbocycles.